The first-order chi connectivity index (χ1) is 9.40. The molecule has 0 radical (unpaired) electrons. The molecule has 106 valence electrons. The van der Waals surface area contributed by atoms with Crippen LogP contribution in [0.2, 0.25) is 0 Å². The lowest BCUT2D eigenvalue weighted by atomic mass is 10.00. The summed E-state index contributed by atoms with van der Waals surface area (Å²) in [6, 6.07) is 4.10. The molecule has 0 amide bonds. The van der Waals surface area contributed by atoms with Gasteiger partial charge in [0.05, 0.1) is 6.10 Å². The molecule has 1 unspecified atom stereocenters. The van der Waals surface area contributed by atoms with E-state index < -0.39 is 47.2 Å². The molecule has 0 aliphatic carbocycles. The Morgan fingerprint density at radius 3 is 2.20 bits per heavy atom. The molecule has 0 aliphatic rings. The van der Waals surface area contributed by atoms with Crippen LogP contribution < -0.4 is 0 Å². The van der Waals surface area contributed by atoms with E-state index in [4.69, 9.17) is 0 Å². The van der Waals surface area contributed by atoms with E-state index in [9.17, 15) is 27.1 Å². The SMILES string of the molecule is OC(Cc1cc(F)ccc1F)c1ccc(F)c(F)c1F. The third-order valence-electron chi connectivity index (χ3n) is 2.85. The fourth-order valence-corrected chi connectivity index (χ4v) is 1.82. The molecule has 6 heteroatoms. The second-order valence-electron chi connectivity index (χ2n) is 4.22. The maximum atomic E-state index is 13.5. The van der Waals surface area contributed by atoms with Gasteiger partial charge in [0.15, 0.2) is 17.5 Å². The maximum absolute atomic E-state index is 13.5. The van der Waals surface area contributed by atoms with Crippen molar-refractivity contribution in [3.05, 3.63) is 70.5 Å². The number of halogens is 5. The number of hydrogen-bond donors (Lipinski definition) is 1. The molecule has 0 spiro atoms. The lowest BCUT2D eigenvalue weighted by Crippen LogP contribution is -2.08. The van der Waals surface area contributed by atoms with E-state index in [1.54, 1.807) is 0 Å². The zero-order chi connectivity index (χ0) is 14.9. The highest BCUT2D eigenvalue weighted by Crippen LogP contribution is 2.25. The molecule has 20 heavy (non-hydrogen) atoms. The molecule has 0 heterocycles. The molecule has 1 N–H and O–H groups in total. The van der Waals surface area contributed by atoms with Crippen LogP contribution in [0.3, 0.4) is 0 Å². The molecule has 0 aliphatic heterocycles. The van der Waals surface area contributed by atoms with E-state index in [-0.39, 0.29) is 5.56 Å². The number of rotatable bonds is 3. The fourth-order valence-electron chi connectivity index (χ4n) is 1.82. The van der Waals surface area contributed by atoms with Crippen molar-refractivity contribution in [2.24, 2.45) is 0 Å². The molecule has 0 bridgehead atoms. The van der Waals surface area contributed by atoms with Crippen molar-refractivity contribution in [1.29, 1.82) is 0 Å². The van der Waals surface area contributed by atoms with Crippen LogP contribution in [0.5, 0.6) is 0 Å². The summed E-state index contributed by atoms with van der Waals surface area (Å²) >= 11 is 0. The van der Waals surface area contributed by atoms with E-state index in [0.717, 1.165) is 24.3 Å². The fraction of sp³-hybridized carbons (Fsp3) is 0.143. The third kappa shape index (κ3) is 2.80. The van der Waals surface area contributed by atoms with Gasteiger partial charge in [-0.3, -0.25) is 0 Å². The number of hydrogen-bond acceptors (Lipinski definition) is 1. The molecular weight excluding hydrogens is 279 g/mol. The van der Waals surface area contributed by atoms with Crippen molar-refractivity contribution < 1.29 is 27.1 Å². The summed E-state index contributed by atoms with van der Waals surface area (Å²) in [5.41, 5.74) is -0.714. The predicted molar refractivity (Wildman–Crippen MR) is 61.3 cm³/mol. The minimum absolute atomic E-state index is 0.193. The predicted octanol–water partition coefficient (Wildman–Crippen LogP) is 3.66. The van der Waals surface area contributed by atoms with Gasteiger partial charge in [0.2, 0.25) is 0 Å². The van der Waals surface area contributed by atoms with Crippen LogP contribution in [0, 0.1) is 29.1 Å². The van der Waals surface area contributed by atoms with E-state index in [0.29, 0.717) is 6.07 Å². The smallest absolute Gasteiger partial charge is 0.194 e. The molecule has 2 rings (SSSR count). The van der Waals surface area contributed by atoms with E-state index >= 15 is 0 Å². The van der Waals surface area contributed by atoms with Crippen LogP contribution in [-0.2, 0) is 6.42 Å². The van der Waals surface area contributed by atoms with Crippen molar-refractivity contribution in [2.45, 2.75) is 12.5 Å². The van der Waals surface area contributed by atoms with Crippen LogP contribution in [-0.4, -0.2) is 5.11 Å². The Bertz CT molecular complexity index is 642. The third-order valence-corrected chi connectivity index (χ3v) is 2.85. The van der Waals surface area contributed by atoms with Gasteiger partial charge in [0.25, 0.3) is 0 Å². The summed E-state index contributed by atoms with van der Waals surface area (Å²) in [7, 11) is 0. The van der Waals surface area contributed by atoms with Gasteiger partial charge in [0.1, 0.15) is 11.6 Å². The van der Waals surface area contributed by atoms with Gasteiger partial charge in [0, 0.05) is 12.0 Å². The summed E-state index contributed by atoms with van der Waals surface area (Å²) in [6.45, 7) is 0. The van der Waals surface area contributed by atoms with Gasteiger partial charge < -0.3 is 5.11 Å². The lowest BCUT2D eigenvalue weighted by Gasteiger charge is -2.13. The minimum Gasteiger partial charge on any atom is -0.388 e. The van der Waals surface area contributed by atoms with Gasteiger partial charge >= 0.3 is 0 Å². The molecule has 0 saturated carbocycles. The maximum Gasteiger partial charge on any atom is 0.194 e. The van der Waals surface area contributed by atoms with Crippen LogP contribution in [0.25, 0.3) is 0 Å². The monoisotopic (exact) mass is 288 g/mol. The average Bonchev–Trinajstić information content (AvgIpc) is 2.40. The Morgan fingerprint density at radius 2 is 1.50 bits per heavy atom. The van der Waals surface area contributed by atoms with Crippen molar-refractivity contribution in [3.63, 3.8) is 0 Å². The molecule has 1 atom stereocenters. The Hall–Kier alpha value is -1.95. The molecule has 0 fully saturated rings. The average molecular weight is 288 g/mol. The Kier molecular flexibility index (Phi) is 4.04. The number of benzene rings is 2. The first-order valence-electron chi connectivity index (χ1n) is 5.65. The van der Waals surface area contributed by atoms with E-state index in [2.05, 4.69) is 0 Å². The van der Waals surface area contributed by atoms with Crippen LogP contribution in [0.1, 0.15) is 17.2 Å². The molecule has 0 aromatic heterocycles. The van der Waals surface area contributed by atoms with Crippen LogP contribution >= 0.6 is 0 Å². The van der Waals surface area contributed by atoms with Crippen LogP contribution in [0.15, 0.2) is 30.3 Å². The van der Waals surface area contributed by atoms with Crippen molar-refractivity contribution in [1.82, 2.24) is 0 Å². The quantitative estimate of drug-likeness (QED) is 0.675. The Balaban J connectivity index is 2.31. The van der Waals surface area contributed by atoms with Gasteiger partial charge in [-0.25, -0.2) is 22.0 Å². The van der Waals surface area contributed by atoms with Gasteiger partial charge in [-0.1, -0.05) is 6.07 Å². The van der Waals surface area contributed by atoms with Crippen molar-refractivity contribution >= 4 is 0 Å². The summed E-state index contributed by atoms with van der Waals surface area (Å²) in [4.78, 5) is 0. The molecule has 2 aromatic carbocycles. The summed E-state index contributed by atoms with van der Waals surface area (Å²) in [5.74, 6) is -6.17. The van der Waals surface area contributed by atoms with E-state index in [1.807, 2.05) is 0 Å². The highest BCUT2D eigenvalue weighted by Gasteiger charge is 2.20. The highest BCUT2D eigenvalue weighted by molar-refractivity contribution is 5.26. The van der Waals surface area contributed by atoms with Crippen LogP contribution in [0.4, 0.5) is 22.0 Å². The summed E-state index contributed by atoms with van der Waals surface area (Å²) < 4.78 is 65.6. The van der Waals surface area contributed by atoms with Crippen molar-refractivity contribution in [3.8, 4) is 0 Å². The first-order valence-corrected chi connectivity index (χ1v) is 5.65. The topological polar surface area (TPSA) is 20.2 Å². The summed E-state index contributed by atoms with van der Waals surface area (Å²) in [5, 5.41) is 9.77. The Labute approximate surface area is 111 Å². The lowest BCUT2D eigenvalue weighted by molar-refractivity contribution is 0.170. The zero-order valence-corrected chi connectivity index (χ0v) is 10.0. The highest BCUT2D eigenvalue weighted by atomic mass is 19.2. The first kappa shape index (κ1) is 14.5. The zero-order valence-electron chi connectivity index (χ0n) is 10.0. The molecule has 0 saturated heterocycles. The van der Waals surface area contributed by atoms with E-state index in [1.165, 1.54) is 0 Å². The Morgan fingerprint density at radius 1 is 0.850 bits per heavy atom. The second kappa shape index (κ2) is 5.58. The van der Waals surface area contributed by atoms with Crippen molar-refractivity contribution in [2.75, 3.05) is 0 Å². The van der Waals surface area contributed by atoms with Gasteiger partial charge in [-0.2, -0.15) is 0 Å². The molecule has 2 aromatic rings. The number of aliphatic hydroxyl groups is 1. The number of aliphatic hydroxyl groups excluding tert-OH is 1. The van der Waals surface area contributed by atoms with Gasteiger partial charge in [-0.05, 0) is 29.8 Å². The molecule has 1 nitrogen and oxygen atoms in total. The summed E-state index contributed by atoms with van der Waals surface area (Å²) in [6.07, 6.45) is -2.09. The van der Waals surface area contributed by atoms with Gasteiger partial charge in [-0.15, -0.1) is 0 Å². The second-order valence-corrected chi connectivity index (χ2v) is 4.22. The molecular formula is C14H9F5O. The standard InChI is InChI=1S/C14H9F5O/c15-8-1-3-10(16)7(5-8)6-12(20)9-2-4-11(17)14(19)13(9)18/h1-5,12,20H,6H2. The minimum atomic E-state index is -1.72. The normalized spacial score (nSPS) is 12.5. The largest absolute Gasteiger partial charge is 0.388 e.